The van der Waals surface area contributed by atoms with Gasteiger partial charge >= 0.3 is 0 Å². The standard InChI is InChI=1S/C24H20ClN3O4S2/c25-15-7-10-17(11-8-15)34(31,32)28-13-3-5-20(28)23(30)26-16-9-12-21(29)18(14-16)24-27-19-4-1-2-6-22(19)33-24/h1-2,4,6-12,14,20,29H,3,5,13H2,(H,26,30). The van der Waals surface area contributed by atoms with Gasteiger partial charge in [-0.3, -0.25) is 4.79 Å². The summed E-state index contributed by atoms with van der Waals surface area (Å²) in [5.74, 6) is -0.374. The van der Waals surface area contributed by atoms with Gasteiger partial charge in [0.25, 0.3) is 0 Å². The number of carbonyl (C=O) groups excluding carboxylic acids is 1. The van der Waals surface area contributed by atoms with Crippen LogP contribution in [0.4, 0.5) is 5.69 Å². The molecule has 0 aliphatic carbocycles. The normalized spacial score (nSPS) is 16.7. The molecule has 2 N–H and O–H groups in total. The molecule has 1 atom stereocenters. The van der Waals surface area contributed by atoms with Gasteiger partial charge in [0.1, 0.15) is 16.8 Å². The first-order valence-corrected chi connectivity index (χ1v) is 13.2. The second-order valence-corrected chi connectivity index (χ2v) is 11.3. The molecule has 3 aromatic carbocycles. The summed E-state index contributed by atoms with van der Waals surface area (Å²) in [6, 6.07) is 17.5. The molecule has 0 bridgehead atoms. The van der Waals surface area contributed by atoms with Gasteiger partial charge in [-0.2, -0.15) is 4.31 Å². The van der Waals surface area contributed by atoms with Gasteiger partial charge in [-0.05, 0) is 67.4 Å². The number of fused-ring (bicyclic) bond motifs is 1. The predicted molar refractivity (Wildman–Crippen MR) is 134 cm³/mol. The summed E-state index contributed by atoms with van der Waals surface area (Å²) in [4.78, 5) is 17.8. The second-order valence-electron chi connectivity index (χ2n) is 7.94. The Morgan fingerprint density at radius 3 is 2.65 bits per heavy atom. The summed E-state index contributed by atoms with van der Waals surface area (Å²) in [6.07, 6.45) is 0.999. The number of aromatic hydroxyl groups is 1. The van der Waals surface area contributed by atoms with E-state index in [1.54, 1.807) is 12.1 Å². The summed E-state index contributed by atoms with van der Waals surface area (Å²) >= 11 is 7.33. The minimum absolute atomic E-state index is 0.0462. The number of aromatic nitrogens is 1. The number of hydrogen-bond donors (Lipinski definition) is 2. The number of sulfonamides is 1. The van der Waals surface area contributed by atoms with Crippen LogP contribution in [-0.4, -0.2) is 41.3 Å². The first-order valence-electron chi connectivity index (χ1n) is 10.6. The van der Waals surface area contributed by atoms with Crippen molar-refractivity contribution in [2.45, 2.75) is 23.8 Å². The first kappa shape index (κ1) is 22.8. The van der Waals surface area contributed by atoms with Crippen molar-refractivity contribution in [1.82, 2.24) is 9.29 Å². The molecule has 1 aliphatic heterocycles. The number of benzene rings is 3. The van der Waals surface area contributed by atoms with Gasteiger partial charge < -0.3 is 10.4 Å². The lowest BCUT2D eigenvalue weighted by Gasteiger charge is -2.23. The number of thiazole rings is 1. The molecule has 1 saturated heterocycles. The van der Waals surface area contributed by atoms with Crippen molar-refractivity contribution in [2.75, 3.05) is 11.9 Å². The fourth-order valence-electron chi connectivity index (χ4n) is 4.03. The monoisotopic (exact) mass is 513 g/mol. The van der Waals surface area contributed by atoms with Crippen molar-refractivity contribution in [3.63, 3.8) is 0 Å². The summed E-state index contributed by atoms with van der Waals surface area (Å²) in [5.41, 5.74) is 1.77. The van der Waals surface area contributed by atoms with Crippen molar-refractivity contribution in [3.05, 3.63) is 71.8 Å². The topological polar surface area (TPSA) is 99.6 Å². The molecule has 7 nitrogen and oxygen atoms in total. The molecule has 1 amide bonds. The van der Waals surface area contributed by atoms with Crippen LogP contribution in [0.25, 0.3) is 20.8 Å². The average molecular weight is 514 g/mol. The maximum atomic E-state index is 13.1. The van der Waals surface area contributed by atoms with E-state index in [0.717, 1.165) is 10.2 Å². The van der Waals surface area contributed by atoms with Gasteiger partial charge in [0, 0.05) is 17.3 Å². The zero-order chi connectivity index (χ0) is 23.9. The molecule has 0 radical (unpaired) electrons. The highest BCUT2D eigenvalue weighted by Crippen LogP contribution is 2.37. The van der Waals surface area contributed by atoms with Gasteiger partial charge in [-0.25, -0.2) is 13.4 Å². The maximum absolute atomic E-state index is 13.1. The number of halogens is 1. The Labute approximate surface area is 205 Å². The highest BCUT2D eigenvalue weighted by molar-refractivity contribution is 7.89. The van der Waals surface area contributed by atoms with E-state index < -0.39 is 22.0 Å². The molecule has 10 heteroatoms. The Morgan fingerprint density at radius 1 is 1.12 bits per heavy atom. The maximum Gasteiger partial charge on any atom is 0.243 e. The lowest BCUT2D eigenvalue weighted by molar-refractivity contribution is -0.119. The molecule has 4 aromatic rings. The van der Waals surface area contributed by atoms with Gasteiger partial charge in [0.15, 0.2) is 0 Å². The number of para-hydroxylation sites is 1. The zero-order valence-electron chi connectivity index (χ0n) is 17.8. The average Bonchev–Trinajstić information content (AvgIpc) is 3.48. The fourth-order valence-corrected chi connectivity index (χ4v) is 6.80. The lowest BCUT2D eigenvalue weighted by atomic mass is 10.1. The number of hydrogen-bond acceptors (Lipinski definition) is 6. The lowest BCUT2D eigenvalue weighted by Crippen LogP contribution is -2.43. The van der Waals surface area contributed by atoms with Gasteiger partial charge in [0.05, 0.1) is 20.7 Å². The van der Waals surface area contributed by atoms with Crippen LogP contribution in [0.1, 0.15) is 12.8 Å². The van der Waals surface area contributed by atoms with Gasteiger partial charge in [-0.1, -0.05) is 23.7 Å². The smallest absolute Gasteiger partial charge is 0.243 e. The molecular formula is C24H20ClN3O4S2. The number of nitrogens with zero attached hydrogens (tertiary/aromatic N) is 2. The Hall–Kier alpha value is -2.98. The van der Waals surface area contributed by atoms with Crippen LogP contribution in [0.15, 0.2) is 71.6 Å². The van der Waals surface area contributed by atoms with Crippen LogP contribution in [0.3, 0.4) is 0 Å². The molecule has 1 aliphatic rings. The van der Waals surface area contributed by atoms with E-state index in [4.69, 9.17) is 11.6 Å². The van der Waals surface area contributed by atoms with E-state index in [1.807, 2.05) is 24.3 Å². The molecule has 2 heterocycles. The molecule has 1 unspecified atom stereocenters. The summed E-state index contributed by atoms with van der Waals surface area (Å²) in [6.45, 7) is 0.260. The highest BCUT2D eigenvalue weighted by atomic mass is 35.5. The van der Waals surface area contributed by atoms with Crippen molar-refractivity contribution >= 4 is 54.8 Å². The molecule has 174 valence electrons. The molecule has 5 rings (SSSR count). The SMILES string of the molecule is O=C(Nc1ccc(O)c(-c2nc3ccccc3s2)c1)C1CCCN1S(=O)(=O)c1ccc(Cl)cc1. The van der Waals surface area contributed by atoms with E-state index in [1.165, 1.54) is 46.0 Å². The van der Waals surface area contributed by atoms with Crippen LogP contribution in [0.2, 0.25) is 5.02 Å². The third-order valence-corrected chi connectivity index (χ3v) is 8.96. The number of rotatable bonds is 5. The first-order chi connectivity index (χ1) is 16.3. The molecule has 34 heavy (non-hydrogen) atoms. The number of phenols is 1. The van der Waals surface area contributed by atoms with Crippen LogP contribution in [-0.2, 0) is 14.8 Å². The second kappa shape index (κ2) is 8.99. The van der Waals surface area contributed by atoms with E-state index in [2.05, 4.69) is 10.3 Å². The Kier molecular flexibility index (Phi) is 6.03. The predicted octanol–water partition coefficient (Wildman–Crippen LogP) is 5.11. The van der Waals surface area contributed by atoms with Crippen LogP contribution in [0, 0.1) is 0 Å². The number of carbonyl (C=O) groups is 1. The van der Waals surface area contributed by atoms with E-state index in [-0.39, 0.29) is 17.2 Å². The van der Waals surface area contributed by atoms with Crippen LogP contribution < -0.4 is 5.32 Å². The third kappa shape index (κ3) is 4.27. The summed E-state index contributed by atoms with van der Waals surface area (Å²) < 4.78 is 28.5. The van der Waals surface area contributed by atoms with Crippen molar-refractivity contribution < 1.29 is 18.3 Å². The Bertz CT molecular complexity index is 1450. The largest absolute Gasteiger partial charge is 0.507 e. The molecular weight excluding hydrogens is 494 g/mol. The molecule has 0 saturated carbocycles. The van der Waals surface area contributed by atoms with E-state index in [0.29, 0.717) is 34.1 Å². The molecule has 1 fully saturated rings. The van der Waals surface area contributed by atoms with Crippen LogP contribution in [0.5, 0.6) is 5.75 Å². The van der Waals surface area contributed by atoms with Gasteiger partial charge in [0.2, 0.25) is 15.9 Å². The minimum Gasteiger partial charge on any atom is -0.507 e. The quantitative estimate of drug-likeness (QED) is 0.361. The van der Waals surface area contributed by atoms with Crippen molar-refractivity contribution in [2.24, 2.45) is 0 Å². The van der Waals surface area contributed by atoms with Crippen LogP contribution >= 0.6 is 22.9 Å². The summed E-state index contributed by atoms with van der Waals surface area (Å²) in [7, 11) is -3.85. The zero-order valence-corrected chi connectivity index (χ0v) is 20.2. The van der Waals surface area contributed by atoms with E-state index in [9.17, 15) is 18.3 Å². The Morgan fingerprint density at radius 2 is 1.88 bits per heavy atom. The van der Waals surface area contributed by atoms with Gasteiger partial charge in [-0.15, -0.1) is 11.3 Å². The number of nitrogens with one attached hydrogen (secondary N) is 1. The van der Waals surface area contributed by atoms with E-state index >= 15 is 0 Å². The number of phenolic OH excluding ortho intramolecular Hbond substituents is 1. The number of amides is 1. The van der Waals surface area contributed by atoms with Crippen molar-refractivity contribution in [3.8, 4) is 16.3 Å². The fraction of sp³-hybridized carbons (Fsp3) is 0.167. The summed E-state index contributed by atoms with van der Waals surface area (Å²) in [5, 5.41) is 14.3. The highest BCUT2D eigenvalue weighted by Gasteiger charge is 2.39. The molecule has 0 spiro atoms. The Balaban J connectivity index is 1.39. The molecule has 1 aromatic heterocycles. The van der Waals surface area contributed by atoms with Crippen molar-refractivity contribution in [1.29, 1.82) is 0 Å². The minimum atomic E-state index is -3.85. The third-order valence-electron chi connectivity index (χ3n) is 5.71. The number of anilines is 1.